The van der Waals surface area contributed by atoms with E-state index in [1.807, 2.05) is 11.7 Å². The number of thiophene rings is 1. The van der Waals surface area contributed by atoms with Gasteiger partial charge in [0.1, 0.15) is 0 Å². The molecule has 92 valence electrons. The van der Waals surface area contributed by atoms with Crippen LogP contribution in [0.1, 0.15) is 10.6 Å². The van der Waals surface area contributed by atoms with Crippen molar-refractivity contribution in [1.82, 2.24) is 15.0 Å². The van der Waals surface area contributed by atoms with Crippen molar-refractivity contribution in [3.8, 4) is 11.3 Å². The Hall–Kier alpha value is -1.66. The zero-order valence-corrected chi connectivity index (χ0v) is 11.4. The van der Waals surface area contributed by atoms with E-state index in [1.54, 1.807) is 29.0 Å². The van der Waals surface area contributed by atoms with Crippen molar-refractivity contribution in [2.24, 2.45) is 0 Å². The molecule has 0 bridgehead atoms. The second-order valence-corrected chi connectivity index (χ2v) is 5.69. The number of nitrogens with one attached hydrogen (secondary N) is 2. The number of hydrogen-bond donors (Lipinski definition) is 2. The number of hydrogen-bond acceptors (Lipinski definition) is 5. The first kappa shape index (κ1) is 11.4. The highest BCUT2D eigenvalue weighted by Crippen LogP contribution is 2.34. The monoisotopic (exact) mass is 276 g/mol. The van der Waals surface area contributed by atoms with E-state index in [0.717, 1.165) is 23.6 Å². The summed E-state index contributed by atoms with van der Waals surface area (Å²) in [6, 6.07) is 0. The van der Waals surface area contributed by atoms with E-state index < -0.39 is 0 Å². The van der Waals surface area contributed by atoms with Crippen LogP contribution < -0.4 is 5.32 Å². The Morgan fingerprint density at radius 1 is 1.39 bits per heavy atom. The first-order chi connectivity index (χ1) is 8.84. The summed E-state index contributed by atoms with van der Waals surface area (Å²) < 4.78 is 0. The molecule has 0 saturated carbocycles. The standard InChI is InChI=1S/C12H12N4S2/c1-8-12(16-7-18-8)10-4-17-5-11(10)14-3-9-2-13-6-15-9/h2,4-7,14H,3H2,1H3,(H,13,15). The first-order valence-electron chi connectivity index (χ1n) is 5.52. The lowest BCUT2D eigenvalue weighted by atomic mass is 10.2. The van der Waals surface area contributed by atoms with Gasteiger partial charge in [0.05, 0.1) is 35.5 Å². The molecule has 0 atom stereocenters. The number of aromatic amines is 1. The van der Waals surface area contributed by atoms with Gasteiger partial charge in [0.2, 0.25) is 0 Å². The van der Waals surface area contributed by atoms with Crippen molar-refractivity contribution in [2.45, 2.75) is 13.5 Å². The Morgan fingerprint density at radius 3 is 3.06 bits per heavy atom. The van der Waals surface area contributed by atoms with Crippen LogP contribution in [0.5, 0.6) is 0 Å². The Bertz CT molecular complexity index is 624. The SMILES string of the molecule is Cc1scnc1-c1cscc1NCc1cnc[nH]1. The second-order valence-electron chi connectivity index (χ2n) is 3.89. The summed E-state index contributed by atoms with van der Waals surface area (Å²) in [5.74, 6) is 0. The number of anilines is 1. The minimum Gasteiger partial charge on any atom is -0.378 e. The van der Waals surface area contributed by atoms with Crippen molar-refractivity contribution >= 4 is 28.4 Å². The fourth-order valence-electron chi connectivity index (χ4n) is 1.75. The molecule has 0 aliphatic rings. The molecule has 0 fully saturated rings. The third kappa shape index (κ3) is 2.16. The molecule has 18 heavy (non-hydrogen) atoms. The van der Waals surface area contributed by atoms with E-state index in [1.165, 1.54) is 10.4 Å². The van der Waals surface area contributed by atoms with Gasteiger partial charge in [-0.25, -0.2) is 9.97 Å². The van der Waals surface area contributed by atoms with Crippen LogP contribution in [-0.2, 0) is 6.54 Å². The quantitative estimate of drug-likeness (QED) is 0.766. The fraction of sp³-hybridized carbons (Fsp3) is 0.167. The zero-order chi connectivity index (χ0) is 12.4. The van der Waals surface area contributed by atoms with Crippen molar-refractivity contribution in [1.29, 1.82) is 0 Å². The summed E-state index contributed by atoms with van der Waals surface area (Å²) in [6.07, 6.45) is 3.52. The molecule has 0 aliphatic heterocycles. The molecule has 0 aromatic carbocycles. The van der Waals surface area contributed by atoms with E-state index >= 15 is 0 Å². The number of H-pyrrole nitrogens is 1. The van der Waals surface area contributed by atoms with Crippen LogP contribution in [0.15, 0.2) is 28.8 Å². The highest BCUT2D eigenvalue weighted by molar-refractivity contribution is 7.10. The van der Waals surface area contributed by atoms with Crippen molar-refractivity contribution < 1.29 is 0 Å². The predicted octanol–water partition coefficient (Wildman–Crippen LogP) is 3.52. The molecular formula is C12H12N4S2. The van der Waals surface area contributed by atoms with Crippen LogP contribution >= 0.6 is 22.7 Å². The van der Waals surface area contributed by atoms with Gasteiger partial charge >= 0.3 is 0 Å². The molecule has 0 aliphatic carbocycles. The molecule has 3 aromatic rings. The molecule has 3 aromatic heterocycles. The Morgan fingerprint density at radius 2 is 2.33 bits per heavy atom. The number of aromatic nitrogens is 3. The largest absolute Gasteiger partial charge is 0.378 e. The van der Waals surface area contributed by atoms with Crippen LogP contribution in [-0.4, -0.2) is 15.0 Å². The smallest absolute Gasteiger partial charge is 0.0922 e. The highest BCUT2D eigenvalue weighted by Gasteiger charge is 2.11. The average molecular weight is 276 g/mol. The second kappa shape index (κ2) is 4.91. The molecule has 4 nitrogen and oxygen atoms in total. The van der Waals surface area contributed by atoms with Gasteiger partial charge in [-0.05, 0) is 6.92 Å². The van der Waals surface area contributed by atoms with Crippen molar-refractivity contribution in [3.63, 3.8) is 0 Å². The summed E-state index contributed by atoms with van der Waals surface area (Å²) in [5, 5.41) is 7.67. The van der Waals surface area contributed by atoms with E-state index in [-0.39, 0.29) is 0 Å². The third-order valence-corrected chi connectivity index (χ3v) is 4.19. The molecule has 0 radical (unpaired) electrons. The van der Waals surface area contributed by atoms with Gasteiger partial charge in [0.15, 0.2) is 0 Å². The van der Waals surface area contributed by atoms with Gasteiger partial charge < -0.3 is 10.3 Å². The van der Waals surface area contributed by atoms with Gasteiger partial charge in [-0.1, -0.05) is 0 Å². The van der Waals surface area contributed by atoms with Gasteiger partial charge in [0, 0.05) is 27.4 Å². The predicted molar refractivity (Wildman–Crippen MR) is 76.1 cm³/mol. The lowest BCUT2D eigenvalue weighted by Crippen LogP contribution is -1.99. The van der Waals surface area contributed by atoms with Crippen molar-refractivity contribution in [3.05, 3.63) is 39.4 Å². The van der Waals surface area contributed by atoms with Crippen LogP contribution in [0, 0.1) is 6.92 Å². The van der Waals surface area contributed by atoms with Crippen LogP contribution in [0.3, 0.4) is 0 Å². The van der Waals surface area contributed by atoms with E-state index in [4.69, 9.17) is 0 Å². The Balaban J connectivity index is 1.82. The molecule has 0 saturated heterocycles. The van der Waals surface area contributed by atoms with Crippen LogP contribution in [0.4, 0.5) is 5.69 Å². The number of rotatable bonds is 4. The molecular weight excluding hydrogens is 264 g/mol. The maximum absolute atomic E-state index is 4.43. The average Bonchev–Trinajstić information content (AvgIpc) is 3.06. The minimum absolute atomic E-state index is 0.743. The summed E-state index contributed by atoms with van der Waals surface area (Å²) >= 11 is 3.36. The Labute approximate surface area is 113 Å². The number of imidazole rings is 1. The van der Waals surface area contributed by atoms with Crippen LogP contribution in [0.25, 0.3) is 11.3 Å². The van der Waals surface area contributed by atoms with Gasteiger partial charge in [-0.2, -0.15) is 0 Å². The van der Waals surface area contributed by atoms with Gasteiger partial charge in [-0.3, -0.25) is 0 Å². The van der Waals surface area contributed by atoms with Gasteiger partial charge in [-0.15, -0.1) is 22.7 Å². The summed E-state index contributed by atoms with van der Waals surface area (Å²) in [7, 11) is 0. The Kier molecular flexibility index (Phi) is 3.12. The van der Waals surface area contributed by atoms with Crippen molar-refractivity contribution in [2.75, 3.05) is 5.32 Å². The minimum atomic E-state index is 0.743. The maximum atomic E-state index is 4.43. The number of aryl methyl sites for hydroxylation is 1. The first-order valence-corrected chi connectivity index (χ1v) is 7.34. The normalized spacial score (nSPS) is 10.7. The van der Waals surface area contributed by atoms with E-state index in [0.29, 0.717) is 0 Å². The molecule has 3 rings (SSSR count). The topological polar surface area (TPSA) is 53.6 Å². The third-order valence-electron chi connectivity index (χ3n) is 2.69. The molecule has 3 heterocycles. The lowest BCUT2D eigenvalue weighted by Gasteiger charge is -2.05. The van der Waals surface area contributed by atoms with Gasteiger partial charge in [0.25, 0.3) is 0 Å². The molecule has 0 spiro atoms. The molecule has 6 heteroatoms. The zero-order valence-electron chi connectivity index (χ0n) is 9.80. The molecule has 0 unspecified atom stereocenters. The summed E-state index contributed by atoms with van der Waals surface area (Å²) in [6.45, 7) is 2.84. The fourth-order valence-corrected chi connectivity index (χ4v) is 3.13. The molecule has 2 N–H and O–H groups in total. The summed E-state index contributed by atoms with van der Waals surface area (Å²) in [5.41, 5.74) is 6.35. The van der Waals surface area contributed by atoms with Crippen LogP contribution in [0.2, 0.25) is 0 Å². The van der Waals surface area contributed by atoms with E-state index in [2.05, 4.69) is 38.0 Å². The van der Waals surface area contributed by atoms with E-state index in [9.17, 15) is 0 Å². The highest BCUT2D eigenvalue weighted by atomic mass is 32.1. The number of thiazole rings is 1. The molecule has 0 amide bonds. The maximum Gasteiger partial charge on any atom is 0.0922 e. The lowest BCUT2D eigenvalue weighted by molar-refractivity contribution is 1.08. The summed E-state index contributed by atoms with van der Waals surface area (Å²) in [4.78, 5) is 12.8. The number of nitrogens with zero attached hydrogens (tertiary/aromatic N) is 2.